The largest absolute Gasteiger partial charge is 0.396 e. The zero-order valence-corrected chi connectivity index (χ0v) is 10.0. The molecular weight excluding hydrogens is 210 g/mol. The van der Waals surface area contributed by atoms with E-state index in [1.807, 2.05) is 18.2 Å². The molecule has 0 saturated heterocycles. The first kappa shape index (κ1) is 12.3. The fourth-order valence-electron chi connectivity index (χ4n) is 1.48. The van der Waals surface area contributed by atoms with E-state index in [1.54, 1.807) is 0 Å². The van der Waals surface area contributed by atoms with Crippen molar-refractivity contribution in [1.82, 2.24) is 0 Å². The van der Waals surface area contributed by atoms with Gasteiger partial charge in [-0.05, 0) is 44.4 Å². The third kappa shape index (κ3) is 4.10. The van der Waals surface area contributed by atoms with Gasteiger partial charge in [-0.3, -0.25) is 0 Å². The van der Waals surface area contributed by atoms with E-state index in [-0.39, 0.29) is 6.61 Å². The number of aryl methyl sites for hydroxylation is 1. The Morgan fingerprint density at radius 3 is 2.87 bits per heavy atom. The third-order valence-electron chi connectivity index (χ3n) is 2.40. The molecule has 0 spiro atoms. The van der Waals surface area contributed by atoms with Gasteiger partial charge in [0.2, 0.25) is 0 Å². The average molecular weight is 228 g/mol. The Labute approximate surface area is 96.3 Å². The van der Waals surface area contributed by atoms with Crippen LogP contribution in [0.4, 0.5) is 5.69 Å². The van der Waals surface area contributed by atoms with Crippen molar-refractivity contribution in [1.29, 1.82) is 0 Å². The highest BCUT2D eigenvalue weighted by atomic mass is 35.5. The van der Waals surface area contributed by atoms with E-state index in [9.17, 15) is 0 Å². The monoisotopic (exact) mass is 227 g/mol. The van der Waals surface area contributed by atoms with Crippen molar-refractivity contribution in [2.24, 2.45) is 0 Å². The molecule has 1 atom stereocenters. The first-order valence-electron chi connectivity index (χ1n) is 5.27. The maximum atomic E-state index is 8.73. The maximum Gasteiger partial charge on any atom is 0.0431 e. The van der Waals surface area contributed by atoms with Crippen LogP contribution in [0.1, 0.15) is 25.3 Å². The summed E-state index contributed by atoms with van der Waals surface area (Å²) < 4.78 is 0. The summed E-state index contributed by atoms with van der Waals surface area (Å²) in [6.07, 6.45) is 1.79. The van der Waals surface area contributed by atoms with Crippen molar-refractivity contribution in [2.45, 2.75) is 32.7 Å². The molecule has 0 radical (unpaired) electrons. The molecule has 84 valence electrons. The molecule has 2 nitrogen and oxygen atoms in total. The summed E-state index contributed by atoms with van der Waals surface area (Å²) in [5.41, 5.74) is 2.27. The summed E-state index contributed by atoms with van der Waals surface area (Å²) in [6.45, 7) is 4.41. The van der Waals surface area contributed by atoms with Gasteiger partial charge < -0.3 is 10.4 Å². The molecular formula is C12H18ClNO. The van der Waals surface area contributed by atoms with Gasteiger partial charge in [0.1, 0.15) is 0 Å². The van der Waals surface area contributed by atoms with Gasteiger partial charge in [0.15, 0.2) is 0 Å². The summed E-state index contributed by atoms with van der Waals surface area (Å²) in [7, 11) is 0. The number of halogens is 1. The molecule has 1 rings (SSSR count). The van der Waals surface area contributed by atoms with Gasteiger partial charge in [0, 0.05) is 23.4 Å². The van der Waals surface area contributed by atoms with Crippen LogP contribution in [0, 0.1) is 6.92 Å². The van der Waals surface area contributed by atoms with E-state index in [0.717, 1.165) is 23.6 Å². The SMILES string of the molecule is Cc1ccc(Cl)cc1NC(C)CCCO. The van der Waals surface area contributed by atoms with Gasteiger partial charge in [-0.25, -0.2) is 0 Å². The maximum absolute atomic E-state index is 8.73. The molecule has 15 heavy (non-hydrogen) atoms. The number of aliphatic hydroxyl groups excluding tert-OH is 1. The van der Waals surface area contributed by atoms with Crippen LogP contribution in [0.3, 0.4) is 0 Å². The Morgan fingerprint density at radius 2 is 2.20 bits per heavy atom. The molecule has 2 N–H and O–H groups in total. The fraction of sp³-hybridized carbons (Fsp3) is 0.500. The van der Waals surface area contributed by atoms with E-state index < -0.39 is 0 Å². The first-order chi connectivity index (χ1) is 7.13. The predicted octanol–water partition coefficient (Wildman–Crippen LogP) is 3.22. The number of nitrogens with one attached hydrogen (secondary N) is 1. The minimum Gasteiger partial charge on any atom is -0.396 e. The van der Waals surface area contributed by atoms with Crippen LogP contribution in [0.5, 0.6) is 0 Å². The van der Waals surface area contributed by atoms with Crippen LogP contribution in [0.2, 0.25) is 5.02 Å². The lowest BCUT2D eigenvalue weighted by molar-refractivity contribution is 0.282. The molecule has 0 aliphatic heterocycles. The molecule has 0 heterocycles. The molecule has 1 unspecified atom stereocenters. The van der Waals surface area contributed by atoms with Crippen LogP contribution >= 0.6 is 11.6 Å². The fourth-order valence-corrected chi connectivity index (χ4v) is 1.66. The standard InChI is InChI=1S/C12H18ClNO/c1-9-5-6-11(13)8-12(9)14-10(2)4-3-7-15/h5-6,8,10,14-15H,3-4,7H2,1-2H3. The van der Waals surface area contributed by atoms with Crippen LogP contribution in [0.25, 0.3) is 0 Å². The number of aliphatic hydroxyl groups is 1. The molecule has 0 aliphatic carbocycles. The Hall–Kier alpha value is -0.730. The normalized spacial score (nSPS) is 12.5. The second kappa shape index (κ2) is 5.99. The van der Waals surface area contributed by atoms with Gasteiger partial charge in [-0.1, -0.05) is 17.7 Å². The summed E-state index contributed by atoms with van der Waals surface area (Å²) >= 11 is 5.92. The van der Waals surface area contributed by atoms with Gasteiger partial charge in [0.25, 0.3) is 0 Å². The van der Waals surface area contributed by atoms with Crippen molar-refractivity contribution in [3.8, 4) is 0 Å². The Morgan fingerprint density at radius 1 is 1.47 bits per heavy atom. The second-order valence-electron chi connectivity index (χ2n) is 3.87. The minimum absolute atomic E-state index is 0.251. The van der Waals surface area contributed by atoms with E-state index in [1.165, 1.54) is 5.56 Å². The predicted molar refractivity (Wildman–Crippen MR) is 65.6 cm³/mol. The van der Waals surface area contributed by atoms with E-state index in [2.05, 4.69) is 19.2 Å². The average Bonchev–Trinajstić information content (AvgIpc) is 2.20. The number of hydrogen-bond acceptors (Lipinski definition) is 2. The molecule has 0 fully saturated rings. The van der Waals surface area contributed by atoms with Gasteiger partial charge >= 0.3 is 0 Å². The molecule has 3 heteroatoms. The Kier molecular flexibility index (Phi) is 4.92. The molecule has 1 aromatic carbocycles. The van der Waals surface area contributed by atoms with E-state index in [0.29, 0.717) is 6.04 Å². The number of rotatable bonds is 5. The number of hydrogen-bond donors (Lipinski definition) is 2. The van der Waals surface area contributed by atoms with Crippen LogP contribution in [-0.4, -0.2) is 17.8 Å². The zero-order chi connectivity index (χ0) is 11.3. The van der Waals surface area contributed by atoms with Crippen LogP contribution in [0.15, 0.2) is 18.2 Å². The molecule has 0 amide bonds. The van der Waals surface area contributed by atoms with E-state index >= 15 is 0 Å². The highest BCUT2D eigenvalue weighted by Crippen LogP contribution is 2.21. The van der Waals surface area contributed by atoms with Crippen molar-refractivity contribution >= 4 is 17.3 Å². The molecule has 0 saturated carbocycles. The number of anilines is 1. The van der Waals surface area contributed by atoms with E-state index in [4.69, 9.17) is 16.7 Å². The molecule has 0 bridgehead atoms. The van der Waals surface area contributed by atoms with Gasteiger partial charge in [-0.2, -0.15) is 0 Å². The van der Waals surface area contributed by atoms with Crippen molar-refractivity contribution in [2.75, 3.05) is 11.9 Å². The van der Waals surface area contributed by atoms with Crippen LogP contribution < -0.4 is 5.32 Å². The summed E-state index contributed by atoms with van der Waals surface area (Å²) in [5.74, 6) is 0. The topological polar surface area (TPSA) is 32.3 Å². The summed E-state index contributed by atoms with van der Waals surface area (Å²) in [4.78, 5) is 0. The van der Waals surface area contributed by atoms with Gasteiger partial charge in [-0.15, -0.1) is 0 Å². The van der Waals surface area contributed by atoms with Crippen molar-refractivity contribution < 1.29 is 5.11 Å². The van der Waals surface area contributed by atoms with Crippen molar-refractivity contribution in [3.05, 3.63) is 28.8 Å². The van der Waals surface area contributed by atoms with Crippen molar-refractivity contribution in [3.63, 3.8) is 0 Å². The molecule has 1 aromatic rings. The Bertz CT molecular complexity index is 314. The minimum atomic E-state index is 0.251. The zero-order valence-electron chi connectivity index (χ0n) is 9.26. The summed E-state index contributed by atoms with van der Waals surface area (Å²) in [6, 6.07) is 6.19. The quantitative estimate of drug-likeness (QED) is 0.810. The van der Waals surface area contributed by atoms with Gasteiger partial charge in [0.05, 0.1) is 0 Å². The summed E-state index contributed by atoms with van der Waals surface area (Å²) in [5, 5.41) is 12.9. The smallest absolute Gasteiger partial charge is 0.0431 e. The second-order valence-corrected chi connectivity index (χ2v) is 4.31. The molecule has 0 aliphatic rings. The highest BCUT2D eigenvalue weighted by Gasteiger charge is 2.04. The number of benzene rings is 1. The van der Waals surface area contributed by atoms with Crippen LogP contribution in [-0.2, 0) is 0 Å². The lowest BCUT2D eigenvalue weighted by Gasteiger charge is -2.16. The Balaban J connectivity index is 2.59. The lowest BCUT2D eigenvalue weighted by Crippen LogP contribution is -2.16. The third-order valence-corrected chi connectivity index (χ3v) is 2.63. The highest BCUT2D eigenvalue weighted by molar-refractivity contribution is 6.30. The first-order valence-corrected chi connectivity index (χ1v) is 5.65. The molecule has 0 aromatic heterocycles. The lowest BCUT2D eigenvalue weighted by atomic mass is 10.1.